The van der Waals surface area contributed by atoms with Crippen LogP contribution in [0.2, 0.25) is 0 Å². The maximum atomic E-state index is 13.7. The average molecular weight is 310 g/mol. The molecule has 0 spiro atoms. The third-order valence-corrected chi connectivity index (χ3v) is 3.51. The zero-order chi connectivity index (χ0) is 15.6. The third-order valence-electron chi connectivity index (χ3n) is 2.49. The van der Waals surface area contributed by atoms with Crippen molar-refractivity contribution in [1.29, 1.82) is 0 Å². The summed E-state index contributed by atoms with van der Waals surface area (Å²) < 4.78 is 27.3. The summed E-state index contributed by atoms with van der Waals surface area (Å²) in [5, 5.41) is 7.80. The molecule has 0 saturated carbocycles. The normalized spacial score (nSPS) is 10.5. The second-order valence-electron chi connectivity index (χ2n) is 4.37. The molecule has 1 amide bonds. The molecular formula is C13H12F2N4OS. The number of nitrogen functional groups attached to an aromatic ring is 1. The van der Waals surface area contributed by atoms with Crippen molar-refractivity contribution in [2.24, 2.45) is 0 Å². The molecule has 0 bridgehead atoms. The van der Waals surface area contributed by atoms with Gasteiger partial charge in [0.25, 0.3) is 5.91 Å². The Balaban J connectivity index is 2.24. The van der Waals surface area contributed by atoms with E-state index in [0.717, 1.165) is 23.9 Å². The first-order chi connectivity index (χ1) is 9.88. The minimum absolute atomic E-state index is 0.00682. The standard InChI is InChI=1S/C13H12F2N4OS/c1-19(2)13(20)10-3-4-11(18-17-10)21-12-8(14)5-7(16)6-9(12)15/h3-6H,16H2,1-2H3. The van der Waals surface area contributed by atoms with Gasteiger partial charge in [0, 0.05) is 19.8 Å². The number of nitrogens with two attached hydrogens (primary N) is 1. The molecule has 1 aromatic carbocycles. The van der Waals surface area contributed by atoms with E-state index < -0.39 is 11.6 Å². The molecule has 0 radical (unpaired) electrons. The second-order valence-corrected chi connectivity index (χ2v) is 5.40. The van der Waals surface area contributed by atoms with Crippen molar-refractivity contribution in [3.8, 4) is 0 Å². The highest BCUT2D eigenvalue weighted by Crippen LogP contribution is 2.31. The van der Waals surface area contributed by atoms with Crippen LogP contribution in [0.3, 0.4) is 0 Å². The molecule has 5 nitrogen and oxygen atoms in total. The van der Waals surface area contributed by atoms with Gasteiger partial charge in [-0.3, -0.25) is 4.79 Å². The Bertz CT molecular complexity index is 653. The highest BCUT2D eigenvalue weighted by Gasteiger charge is 2.14. The molecule has 0 saturated heterocycles. The molecule has 2 aromatic rings. The van der Waals surface area contributed by atoms with Crippen molar-refractivity contribution in [1.82, 2.24) is 15.1 Å². The molecule has 8 heteroatoms. The number of aromatic nitrogens is 2. The van der Waals surface area contributed by atoms with Gasteiger partial charge in [0.15, 0.2) is 5.69 Å². The summed E-state index contributed by atoms with van der Waals surface area (Å²) >= 11 is 0.774. The van der Waals surface area contributed by atoms with Gasteiger partial charge in [0.05, 0.1) is 4.90 Å². The van der Waals surface area contributed by atoms with Gasteiger partial charge in [-0.1, -0.05) is 11.8 Å². The van der Waals surface area contributed by atoms with Gasteiger partial charge >= 0.3 is 0 Å². The van der Waals surface area contributed by atoms with Crippen LogP contribution in [0, 0.1) is 11.6 Å². The van der Waals surface area contributed by atoms with E-state index in [4.69, 9.17) is 5.73 Å². The van der Waals surface area contributed by atoms with E-state index in [0.29, 0.717) is 0 Å². The fraction of sp³-hybridized carbons (Fsp3) is 0.154. The molecule has 0 aliphatic carbocycles. The number of nitrogens with zero attached hydrogens (tertiary/aromatic N) is 3. The summed E-state index contributed by atoms with van der Waals surface area (Å²) in [7, 11) is 3.18. The molecule has 0 unspecified atom stereocenters. The monoisotopic (exact) mass is 310 g/mol. The van der Waals surface area contributed by atoms with Gasteiger partial charge in [0.1, 0.15) is 16.7 Å². The minimum Gasteiger partial charge on any atom is -0.399 e. The lowest BCUT2D eigenvalue weighted by Crippen LogP contribution is -2.23. The summed E-state index contributed by atoms with van der Waals surface area (Å²) in [5.74, 6) is -1.84. The van der Waals surface area contributed by atoms with Crippen molar-refractivity contribution in [2.45, 2.75) is 9.92 Å². The first kappa shape index (κ1) is 15.2. The Morgan fingerprint density at radius 3 is 2.29 bits per heavy atom. The van der Waals surface area contributed by atoms with E-state index in [-0.39, 0.29) is 27.2 Å². The quantitative estimate of drug-likeness (QED) is 0.880. The van der Waals surface area contributed by atoms with Gasteiger partial charge in [-0.25, -0.2) is 8.78 Å². The van der Waals surface area contributed by atoms with Crippen LogP contribution in [-0.4, -0.2) is 35.1 Å². The van der Waals surface area contributed by atoms with Crippen LogP contribution in [-0.2, 0) is 0 Å². The number of amides is 1. The molecule has 21 heavy (non-hydrogen) atoms. The predicted octanol–water partition coefficient (Wildman–Crippen LogP) is 2.19. The number of halogens is 2. The minimum atomic E-state index is -0.771. The third kappa shape index (κ3) is 3.46. The van der Waals surface area contributed by atoms with Crippen molar-refractivity contribution < 1.29 is 13.6 Å². The number of hydrogen-bond donors (Lipinski definition) is 1. The number of hydrogen-bond acceptors (Lipinski definition) is 5. The molecule has 2 rings (SSSR count). The van der Waals surface area contributed by atoms with E-state index in [2.05, 4.69) is 10.2 Å². The molecule has 110 valence electrons. The van der Waals surface area contributed by atoms with Gasteiger partial charge in [-0.05, 0) is 24.3 Å². The van der Waals surface area contributed by atoms with Crippen LogP contribution < -0.4 is 5.73 Å². The molecule has 0 aliphatic heterocycles. The summed E-state index contributed by atoms with van der Waals surface area (Å²) in [6.07, 6.45) is 0. The average Bonchev–Trinajstić information content (AvgIpc) is 2.42. The molecule has 1 heterocycles. The van der Waals surface area contributed by atoms with E-state index in [1.165, 1.54) is 17.0 Å². The number of benzene rings is 1. The Hall–Kier alpha value is -2.22. The highest BCUT2D eigenvalue weighted by atomic mass is 32.2. The van der Waals surface area contributed by atoms with Crippen molar-refractivity contribution >= 4 is 23.4 Å². The first-order valence-corrected chi connectivity index (χ1v) is 6.68. The number of anilines is 1. The van der Waals surface area contributed by atoms with Crippen molar-refractivity contribution in [3.05, 3.63) is 41.6 Å². The summed E-state index contributed by atoms with van der Waals surface area (Å²) in [6.45, 7) is 0. The molecular weight excluding hydrogens is 298 g/mol. The van der Waals surface area contributed by atoms with E-state index in [9.17, 15) is 13.6 Å². The fourth-order valence-corrected chi connectivity index (χ4v) is 2.24. The molecule has 1 aromatic heterocycles. The summed E-state index contributed by atoms with van der Waals surface area (Å²) in [6, 6.07) is 4.99. The smallest absolute Gasteiger partial charge is 0.273 e. The molecule has 0 aliphatic rings. The second kappa shape index (κ2) is 6.04. The van der Waals surface area contributed by atoms with E-state index in [1.54, 1.807) is 14.1 Å². The first-order valence-electron chi connectivity index (χ1n) is 5.86. The molecule has 0 atom stereocenters. The van der Waals surface area contributed by atoms with Gasteiger partial charge in [-0.15, -0.1) is 10.2 Å². The van der Waals surface area contributed by atoms with Crippen LogP contribution in [0.15, 0.2) is 34.2 Å². The highest BCUT2D eigenvalue weighted by molar-refractivity contribution is 7.99. The van der Waals surface area contributed by atoms with Crippen LogP contribution in [0.5, 0.6) is 0 Å². The SMILES string of the molecule is CN(C)C(=O)c1ccc(Sc2c(F)cc(N)cc2F)nn1. The van der Waals surface area contributed by atoms with Gasteiger partial charge in [-0.2, -0.15) is 0 Å². The topological polar surface area (TPSA) is 72.1 Å². The molecule has 0 fully saturated rings. The zero-order valence-electron chi connectivity index (χ0n) is 11.3. The lowest BCUT2D eigenvalue weighted by molar-refractivity contribution is 0.0820. The fourth-order valence-electron chi connectivity index (χ4n) is 1.50. The zero-order valence-corrected chi connectivity index (χ0v) is 12.1. The summed E-state index contributed by atoms with van der Waals surface area (Å²) in [5.41, 5.74) is 5.51. The number of rotatable bonds is 3. The van der Waals surface area contributed by atoms with Crippen LogP contribution >= 0.6 is 11.8 Å². The predicted molar refractivity (Wildman–Crippen MR) is 74.9 cm³/mol. The Morgan fingerprint density at radius 2 is 1.81 bits per heavy atom. The lowest BCUT2D eigenvalue weighted by atomic mass is 10.3. The number of carbonyl (C=O) groups excluding carboxylic acids is 1. The molecule has 2 N–H and O–H groups in total. The Morgan fingerprint density at radius 1 is 1.19 bits per heavy atom. The van der Waals surface area contributed by atoms with Crippen molar-refractivity contribution in [2.75, 3.05) is 19.8 Å². The van der Waals surface area contributed by atoms with E-state index in [1.807, 2.05) is 0 Å². The largest absolute Gasteiger partial charge is 0.399 e. The Kier molecular flexibility index (Phi) is 4.37. The van der Waals surface area contributed by atoms with Crippen LogP contribution in [0.25, 0.3) is 0 Å². The van der Waals surface area contributed by atoms with Gasteiger partial charge in [0.2, 0.25) is 0 Å². The van der Waals surface area contributed by atoms with E-state index >= 15 is 0 Å². The summed E-state index contributed by atoms with van der Waals surface area (Å²) in [4.78, 5) is 12.8. The maximum absolute atomic E-state index is 13.7. The van der Waals surface area contributed by atoms with Crippen LogP contribution in [0.1, 0.15) is 10.5 Å². The van der Waals surface area contributed by atoms with Crippen molar-refractivity contribution in [3.63, 3.8) is 0 Å². The van der Waals surface area contributed by atoms with Gasteiger partial charge < -0.3 is 10.6 Å². The lowest BCUT2D eigenvalue weighted by Gasteiger charge is -2.09. The maximum Gasteiger partial charge on any atom is 0.273 e. The number of carbonyl (C=O) groups is 1. The van der Waals surface area contributed by atoms with Crippen LogP contribution in [0.4, 0.5) is 14.5 Å². The Labute approximate surface area is 124 Å².